The molecule has 1 aromatic carbocycles. The number of nitrogens with one attached hydrogen (secondary N) is 2. The molecule has 0 heterocycles. The molecule has 1 aliphatic rings. The van der Waals surface area contributed by atoms with Gasteiger partial charge in [-0.2, -0.15) is 0 Å². The molecule has 0 radical (unpaired) electrons. The molecule has 2 atom stereocenters. The predicted octanol–water partition coefficient (Wildman–Crippen LogP) is 5.83. The van der Waals surface area contributed by atoms with Gasteiger partial charge in [-0.25, -0.2) is 4.79 Å². The molecular weight excluding hydrogens is 414 g/mol. The number of carbonyl (C=O) groups is 1. The topological polar surface area (TPSA) is 93.5 Å². The Morgan fingerprint density at radius 3 is 2.29 bits per heavy atom. The fraction of sp³-hybridized carbons (Fsp3) is 0.652. The quantitative estimate of drug-likeness (QED) is 0.309. The van der Waals surface area contributed by atoms with E-state index in [4.69, 9.17) is 17.0 Å². The van der Waals surface area contributed by atoms with Crippen LogP contribution in [-0.4, -0.2) is 27.1 Å². The highest BCUT2D eigenvalue weighted by Gasteiger charge is 2.36. The van der Waals surface area contributed by atoms with Crippen molar-refractivity contribution in [3.8, 4) is 0 Å². The van der Waals surface area contributed by atoms with Gasteiger partial charge in [0.05, 0.1) is 10.5 Å². The number of amides is 1. The van der Waals surface area contributed by atoms with Crippen LogP contribution >= 0.6 is 12.2 Å². The average Bonchev–Trinajstić information content (AvgIpc) is 2.67. The summed E-state index contributed by atoms with van der Waals surface area (Å²) < 4.78 is 5.50. The van der Waals surface area contributed by atoms with Crippen LogP contribution in [0.1, 0.15) is 84.7 Å². The zero-order chi connectivity index (χ0) is 23.2. The molecule has 2 rings (SSSR count). The molecule has 8 heteroatoms. The zero-order valence-electron chi connectivity index (χ0n) is 19.2. The van der Waals surface area contributed by atoms with Gasteiger partial charge in [-0.15, -0.1) is 0 Å². The van der Waals surface area contributed by atoms with Crippen LogP contribution in [0.5, 0.6) is 0 Å². The van der Waals surface area contributed by atoms with Crippen LogP contribution in [0.15, 0.2) is 24.3 Å². The number of benzene rings is 1. The van der Waals surface area contributed by atoms with Crippen molar-refractivity contribution in [2.45, 2.75) is 90.3 Å². The number of nitrogens with zero attached hydrogens (tertiary/aromatic N) is 1. The SMILES string of the molecule is C[C@@H](NC(=S)[C@](C)(CC1CCCCC1)NC(=O)OC(C)(C)C)c1ccc([N+](=O)[O-])cc1. The van der Waals surface area contributed by atoms with Crippen LogP contribution in [0.4, 0.5) is 10.5 Å². The van der Waals surface area contributed by atoms with Crippen molar-refractivity contribution in [1.29, 1.82) is 0 Å². The minimum Gasteiger partial charge on any atom is -0.444 e. The van der Waals surface area contributed by atoms with E-state index in [1.165, 1.54) is 31.4 Å². The smallest absolute Gasteiger partial charge is 0.408 e. The summed E-state index contributed by atoms with van der Waals surface area (Å²) in [6, 6.07) is 6.24. The number of thiocarbonyl (C=S) groups is 1. The Hall–Kier alpha value is -2.22. The van der Waals surface area contributed by atoms with E-state index >= 15 is 0 Å². The molecule has 0 saturated heterocycles. The van der Waals surface area contributed by atoms with Crippen molar-refractivity contribution in [2.75, 3.05) is 0 Å². The fourth-order valence-electron chi connectivity index (χ4n) is 4.02. The first kappa shape index (κ1) is 25.0. The number of non-ortho nitro benzene ring substituents is 1. The Bertz CT molecular complexity index is 785. The molecule has 0 aliphatic heterocycles. The summed E-state index contributed by atoms with van der Waals surface area (Å²) in [5.74, 6) is 0.489. The lowest BCUT2D eigenvalue weighted by atomic mass is 9.79. The molecule has 1 fully saturated rings. The van der Waals surface area contributed by atoms with Gasteiger partial charge in [0, 0.05) is 18.2 Å². The summed E-state index contributed by atoms with van der Waals surface area (Å²) in [5, 5.41) is 17.3. The predicted molar refractivity (Wildman–Crippen MR) is 126 cm³/mol. The standard InChI is InChI=1S/C23H35N3O4S/c1-16(18-11-13-19(14-12-18)26(28)29)24-20(31)23(5,15-17-9-7-6-8-10-17)25-21(27)30-22(2,3)4/h11-14,16-17H,6-10,15H2,1-5H3,(H,24,31)(H,25,27)/t16-,23+/m1/s1. The molecular formula is C23H35N3O4S. The van der Waals surface area contributed by atoms with Gasteiger partial charge in [-0.3, -0.25) is 10.1 Å². The number of carbonyl (C=O) groups excluding carboxylic acids is 1. The third-order valence-corrected chi connectivity index (χ3v) is 6.22. The Morgan fingerprint density at radius 1 is 1.19 bits per heavy atom. The zero-order valence-corrected chi connectivity index (χ0v) is 20.0. The molecule has 172 valence electrons. The lowest BCUT2D eigenvalue weighted by Gasteiger charge is -2.38. The van der Waals surface area contributed by atoms with E-state index in [0.717, 1.165) is 24.8 Å². The van der Waals surface area contributed by atoms with Crippen LogP contribution in [0.2, 0.25) is 0 Å². The molecule has 31 heavy (non-hydrogen) atoms. The van der Waals surface area contributed by atoms with Gasteiger partial charge in [-0.1, -0.05) is 56.5 Å². The number of nitro groups is 1. The van der Waals surface area contributed by atoms with Gasteiger partial charge in [0.15, 0.2) is 0 Å². The van der Waals surface area contributed by atoms with Gasteiger partial charge in [0.2, 0.25) is 0 Å². The fourth-order valence-corrected chi connectivity index (χ4v) is 4.33. The van der Waals surface area contributed by atoms with Crippen LogP contribution in [0.3, 0.4) is 0 Å². The molecule has 0 bridgehead atoms. The van der Waals surface area contributed by atoms with Crippen molar-refractivity contribution >= 4 is 29.0 Å². The van der Waals surface area contributed by atoms with Crippen LogP contribution in [0.25, 0.3) is 0 Å². The first-order valence-electron chi connectivity index (χ1n) is 11.0. The van der Waals surface area contributed by atoms with Gasteiger partial charge in [0.1, 0.15) is 10.6 Å². The van der Waals surface area contributed by atoms with Crippen molar-refractivity contribution in [1.82, 2.24) is 10.6 Å². The maximum atomic E-state index is 12.6. The molecule has 1 aliphatic carbocycles. The second-order valence-electron chi connectivity index (χ2n) is 9.71. The van der Waals surface area contributed by atoms with E-state index in [1.54, 1.807) is 12.1 Å². The van der Waals surface area contributed by atoms with Crippen LogP contribution in [0, 0.1) is 16.0 Å². The van der Waals surface area contributed by atoms with E-state index in [-0.39, 0.29) is 11.7 Å². The summed E-state index contributed by atoms with van der Waals surface area (Å²) in [7, 11) is 0. The summed E-state index contributed by atoms with van der Waals surface area (Å²) in [5.41, 5.74) is -0.427. The highest BCUT2D eigenvalue weighted by molar-refractivity contribution is 7.80. The number of hydrogen-bond donors (Lipinski definition) is 2. The summed E-state index contributed by atoms with van der Waals surface area (Å²) >= 11 is 5.77. The minimum atomic E-state index is -0.755. The largest absolute Gasteiger partial charge is 0.444 e. The van der Waals surface area contributed by atoms with Crippen LogP contribution < -0.4 is 10.6 Å². The first-order chi connectivity index (χ1) is 14.4. The average molecular weight is 450 g/mol. The highest BCUT2D eigenvalue weighted by Crippen LogP contribution is 2.32. The molecule has 0 unspecified atom stereocenters. The summed E-state index contributed by atoms with van der Waals surface area (Å²) in [6.07, 6.45) is 6.17. The van der Waals surface area contributed by atoms with Crippen molar-refractivity contribution < 1.29 is 14.5 Å². The van der Waals surface area contributed by atoms with E-state index in [0.29, 0.717) is 10.9 Å². The third kappa shape index (κ3) is 7.76. The normalized spacial score (nSPS) is 17.8. The monoisotopic (exact) mass is 449 g/mol. The Balaban J connectivity index is 2.15. The number of nitro benzene ring substituents is 1. The number of hydrogen-bond acceptors (Lipinski definition) is 5. The Kier molecular flexibility index (Phi) is 8.40. The third-order valence-electron chi connectivity index (χ3n) is 5.65. The Morgan fingerprint density at radius 2 is 1.77 bits per heavy atom. The lowest BCUT2D eigenvalue weighted by Crippen LogP contribution is -2.58. The molecule has 1 amide bonds. The molecule has 1 aromatic rings. The molecule has 2 N–H and O–H groups in total. The lowest BCUT2D eigenvalue weighted by molar-refractivity contribution is -0.384. The van der Waals surface area contributed by atoms with E-state index in [1.807, 2.05) is 34.6 Å². The number of rotatable bonds is 7. The van der Waals surface area contributed by atoms with E-state index in [2.05, 4.69) is 10.6 Å². The maximum Gasteiger partial charge on any atom is 0.408 e. The summed E-state index contributed by atoms with van der Waals surface area (Å²) in [6.45, 7) is 9.39. The van der Waals surface area contributed by atoms with Gasteiger partial charge < -0.3 is 15.4 Å². The van der Waals surface area contributed by atoms with Crippen molar-refractivity contribution in [2.24, 2.45) is 5.92 Å². The maximum absolute atomic E-state index is 12.6. The number of ether oxygens (including phenoxy) is 1. The number of alkyl carbamates (subject to hydrolysis) is 1. The molecule has 1 saturated carbocycles. The molecule has 7 nitrogen and oxygen atoms in total. The summed E-state index contributed by atoms with van der Waals surface area (Å²) in [4.78, 5) is 23.6. The second kappa shape index (κ2) is 10.4. The Labute approximate surface area is 190 Å². The van der Waals surface area contributed by atoms with Crippen molar-refractivity contribution in [3.05, 3.63) is 39.9 Å². The van der Waals surface area contributed by atoms with Crippen LogP contribution in [-0.2, 0) is 4.74 Å². The molecule has 0 aromatic heterocycles. The van der Waals surface area contributed by atoms with E-state index < -0.39 is 22.2 Å². The van der Waals surface area contributed by atoms with Gasteiger partial charge in [-0.05, 0) is 52.5 Å². The first-order valence-corrected chi connectivity index (χ1v) is 11.4. The molecule has 0 spiro atoms. The van der Waals surface area contributed by atoms with Crippen molar-refractivity contribution in [3.63, 3.8) is 0 Å². The highest BCUT2D eigenvalue weighted by atomic mass is 32.1. The van der Waals surface area contributed by atoms with Gasteiger partial charge in [0.25, 0.3) is 5.69 Å². The second-order valence-corrected chi connectivity index (χ2v) is 10.1. The minimum absolute atomic E-state index is 0.0484. The van der Waals surface area contributed by atoms with E-state index in [9.17, 15) is 14.9 Å². The van der Waals surface area contributed by atoms with Gasteiger partial charge >= 0.3 is 6.09 Å².